The quantitative estimate of drug-likeness (QED) is 0.567. The normalized spacial score (nSPS) is 21.7. The van der Waals surface area contributed by atoms with Gasteiger partial charge in [0.25, 0.3) is 5.91 Å². The zero-order chi connectivity index (χ0) is 26.2. The summed E-state index contributed by atoms with van der Waals surface area (Å²) in [4.78, 5) is 40.3. The molecular weight excluding hydrogens is 483 g/mol. The molecule has 1 fully saturated rings. The number of aliphatic carboxylic acids is 1. The Balaban J connectivity index is 1.60. The molecule has 0 bridgehead atoms. The molecular formula is C27H33FN2O5S. The van der Waals surface area contributed by atoms with Crippen molar-refractivity contribution in [2.24, 2.45) is 11.8 Å². The number of halogens is 1. The molecule has 2 amide bonds. The first-order valence-electron chi connectivity index (χ1n) is 12.0. The average Bonchev–Trinajstić information content (AvgIpc) is 2.78. The van der Waals surface area contributed by atoms with Crippen molar-refractivity contribution in [3.05, 3.63) is 53.3 Å². The first-order chi connectivity index (χ1) is 17.0. The fourth-order valence-corrected chi connectivity index (χ4v) is 6.24. The Morgan fingerprint density at radius 2 is 1.86 bits per heavy atom. The number of anilines is 1. The van der Waals surface area contributed by atoms with E-state index in [1.54, 1.807) is 36.3 Å². The minimum absolute atomic E-state index is 0.0171. The second-order valence-corrected chi connectivity index (χ2v) is 14.5. The summed E-state index contributed by atoms with van der Waals surface area (Å²) in [6.07, 6.45) is 7.64. The van der Waals surface area contributed by atoms with Gasteiger partial charge in [-0.1, -0.05) is 6.07 Å². The Bertz CT molecular complexity index is 1190. The minimum Gasteiger partial charge on any atom is -0.497 e. The van der Waals surface area contributed by atoms with Crippen LogP contribution in [0.3, 0.4) is 0 Å². The number of carboxylic acid groups (broad SMARTS) is 1. The van der Waals surface area contributed by atoms with Gasteiger partial charge in [-0.05, 0) is 85.4 Å². The minimum atomic E-state index is -1.27. The van der Waals surface area contributed by atoms with Gasteiger partial charge < -0.3 is 20.1 Å². The third-order valence-electron chi connectivity index (χ3n) is 7.02. The maximum atomic E-state index is 14.8. The lowest BCUT2D eigenvalue weighted by Gasteiger charge is -2.42. The number of ether oxygens (including phenoxy) is 1. The van der Waals surface area contributed by atoms with E-state index in [1.165, 1.54) is 6.07 Å². The number of carboxylic acids is 1. The van der Waals surface area contributed by atoms with Crippen molar-refractivity contribution < 1.29 is 28.6 Å². The molecule has 1 atom stereocenters. The highest BCUT2D eigenvalue weighted by molar-refractivity contribution is 8.32. The summed E-state index contributed by atoms with van der Waals surface area (Å²) in [7, 11) is 0.302. The number of carbonyl (C=O) groups excluding carboxylic acids is 2. The second kappa shape index (κ2) is 10.1. The van der Waals surface area contributed by atoms with Gasteiger partial charge in [0.15, 0.2) is 0 Å². The van der Waals surface area contributed by atoms with Gasteiger partial charge in [0.05, 0.1) is 7.11 Å². The van der Waals surface area contributed by atoms with Gasteiger partial charge in [-0.25, -0.2) is 14.4 Å². The van der Waals surface area contributed by atoms with E-state index in [9.17, 15) is 18.8 Å². The molecule has 0 aromatic heterocycles. The van der Waals surface area contributed by atoms with Crippen LogP contribution in [0, 0.1) is 17.7 Å². The summed E-state index contributed by atoms with van der Waals surface area (Å²) in [6, 6.07) is 9.31. The predicted molar refractivity (Wildman–Crippen MR) is 138 cm³/mol. The van der Waals surface area contributed by atoms with Gasteiger partial charge in [-0.15, -0.1) is 0 Å². The zero-order valence-corrected chi connectivity index (χ0v) is 21.9. The number of rotatable bonds is 7. The van der Waals surface area contributed by atoms with Crippen LogP contribution in [0.15, 0.2) is 41.3 Å². The van der Waals surface area contributed by atoms with Crippen LogP contribution in [0.5, 0.6) is 5.75 Å². The molecule has 1 unspecified atom stereocenters. The third kappa shape index (κ3) is 5.36. The van der Waals surface area contributed by atoms with E-state index in [4.69, 9.17) is 9.84 Å². The first kappa shape index (κ1) is 26.0. The fraction of sp³-hybridized carbons (Fsp3) is 0.444. The van der Waals surface area contributed by atoms with E-state index in [-0.39, 0.29) is 30.0 Å². The van der Waals surface area contributed by atoms with Gasteiger partial charge in [0.1, 0.15) is 17.6 Å². The summed E-state index contributed by atoms with van der Waals surface area (Å²) in [5, 5.41) is 11.8. The Morgan fingerprint density at radius 1 is 1.14 bits per heavy atom. The van der Waals surface area contributed by atoms with Crippen LogP contribution in [0.1, 0.15) is 36.4 Å². The number of benzene rings is 2. The highest BCUT2D eigenvalue weighted by atomic mass is 32.3. The van der Waals surface area contributed by atoms with Crippen LogP contribution in [0.25, 0.3) is 0 Å². The van der Waals surface area contributed by atoms with Crippen molar-refractivity contribution in [2.75, 3.05) is 37.7 Å². The lowest BCUT2D eigenvalue weighted by Crippen LogP contribution is -2.50. The topological polar surface area (TPSA) is 95.9 Å². The van der Waals surface area contributed by atoms with Crippen LogP contribution in [0.2, 0.25) is 0 Å². The highest BCUT2D eigenvalue weighted by Gasteiger charge is 2.43. The van der Waals surface area contributed by atoms with E-state index >= 15 is 0 Å². The van der Waals surface area contributed by atoms with Crippen LogP contribution < -0.4 is 10.1 Å². The first-order valence-corrected chi connectivity index (χ1v) is 14.8. The van der Waals surface area contributed by atoms with Crippen molar-refractivity contribution in [1.82, 2.24) is 4.90 Å². The number of amides is 2. The number of nitrogens with one attached hydrogen (secondary N) is 1. The monoisotopic (exact) mass is 516 g/mol. The Morgan fingerprint density at radius 3 is 2.47 bits per heavy atom. The summed E-state index contributed by atoms with van der Waals surface area (Å²) in [5.41, 5.74) is 1.97. The molecule has 0 spiro atoms. The van der Waals surface area contributed by atoms with Crippen LogP contribution in [-0.2, 0) is 20.8 Å². The molecule has 7 nitrogen and oxygen atoms in total. The standard InChI is InChI=1S/C27H33FN2O5S/c1-35-20-6-7-21-17(14-20)9-10-30(27(34)18-11-16(12-18)13-24(31)32)25(21)26(33)29-19-5-8-23(22(28)15-19)36(2,3)4/h5-8,14-16,18,25H,9-13H2,1-4H3,(H,29,33)(H,31,32)/t16-,18-,25?. The smallest absolute Gasteiger partial charge is 0.303 e. The van der Waals surface area contributed by atoms with Gasteiger partial charge in [0.2, 0.25) is 5.91 Å². The molecule has 1 saturated carbocycles. The fourth-order valence-electron chi connectivity index (χ4n) is 5.12. The van der Waals surface area contributed by atoms with Crippen molar-refractivity contribution in [3.63, 3.8) is 0 Å². The van der Waals surface area contributed by atoms with Crippen molar-refractivity contribution >= 4 is 33.5 Å². The van der Waals surface area contributed by atoms with Crippen molar-refractivity contribution in [2.45, 2.75) is 36.6 Å². The molecule has 36 heavy (non-hydrogen) atoms. The van der Waals surface area contributed by atoms with Crippen molar-refractivity contribution in [3.8, 4) is 5.75 Å². The molecule has 2 aromatic rings. The predicted octanol–water partition coefficient (Wildman–Crippen LogP) is 4.45. The van der Waals surface area contributed by atoms with E-state index in [2.05, 4.69) is 5.32 Å². The van der Waals surface area contributed by atoms with E-state index in [0.717, 1.165) is 5.56 Å². The number of fused-ring (bicyclic) bond motifs is 1. The van der Waals surface area contributed by atoms with Crippen molar-refractivity contribution in [1.29, 1.82) is 0 Å². The van der Waals surface area contributed by atoms with E-state index < -0.39 is 27.9 Å². The SMILES string of the molecule is COc1ccc2c(c1)CCN(C(=O)[C@H]1C[C@H](CC(=O)O)C1)C2C(=O)Nc1ccc(S(C)(C)C)c(F)c1. The Kier molecular flexibility index (Phi) is 7.31. The Labute approximate surface area is 212 Å². The molecule has 2 aliphatic rings. The number of hydrogen-bond acceptors (Lipinski definition) is 4. The number of carbonyl (C=O) groups is 3. The largest absolute Gasteiger partial charge is 0.497 e. The van der Waals surface area contributed by atoms with Crippen LogP contribution in [0.4, 0.5) is 10.1 Å². The van der Waals surface area contributed by atoms with Gasteiger partial charge >= 0.3 is 5.97 Å². The molecule has 4 rings (SSSR count). The number of methoxy groups -OCH3 is 1. The molecule has 1 heterocycles. The second-order valence-electron chi connectivity index (χ2n) is 10.4. The van der Waals surface area contributed by atoms with Crippen LogP contribution in [-0.4, -0.2) is 60.2 Å². The zero-order valence-electron chi connectivity index (χ0n) is 21.0. The molecule has 9 heteroatoms. The van der Waals surface area contributed by atoms with E-state index in [0.29, 0.717) is 47.7 Å². The van der Waals surface area contributed by atoms with E-state index in [1.807, 2.05) is 24.8 Å². The lowest BCUT2D eigenvalue weighted by molar-refractivity contribution is -0.149. The molecule has 2 N–H and O–H groups in total. The van der Waals surface area contributed by atoms with Gasteiger partial charge in [0, 0.05) is 29.5 Å². The van der Waals surface area contributed by atoms with Gasteiger partial charge in [-0.2, -0.15) is 0 Å². The summed E-state index contributed by atoms with van der Waals surface area (Å²) in [6.45, 7) is 0.359. The maximum absolute atomic E-state index is 14.8. The highest BCUT2D eigenvalue weighted by Crippen LogP contribution is 2.47. The van der Waals surface area contributed by atoms with Crippen LogP contribution >= 0.6 is 10.0 Å². The number of hydrogen-bond donors (Lipinski definition) is 2. The molecule has 194 valence electrons. The lowest BCUT2D eigenvalue weighted by atomic mass is 9.72. The molecule has 0 radical (unpaired) electrons. The maximum Gasteiger partial charge on any atom is 0.303 e. The molecule has 2 aromatic carbocycles. The average molecular weight is 517 g/mol. The Hall–Kier alpha value is -3.07. The molecule has 0 saturated heterocycles. The molecule has 1 aliphatic heterocycles. The summed E-state index contributed by atoms with van der Waals surface area (Å²) in [5.74, 6) is -1.42. The number of nitrogens with zero attached hydrogens (tertiary/aromatic N) is 1. The summed E-state index contributed by atoms with van der Waals surface area (Å²) < 4.78 is 20.1. The summed E-state index contributed by atoms with van der Waals surface area (Å²) >= 11 is 0. The molecule has 1 aliphatic carbocycles. The third-order valence-corrected chi connectivity index (χ3v) is 8.67. The van der Waals surface area contributed by atoms with Gasteiger partial charge in [-0.3, -0.25) is 14.4 Å².